The topological polar surface area (TPSA) is 69.0 Å². The van der Waals surface area contributed by atoms with Crippen LogP contribution in [0.5, 0.6) is 5.75 Å². The second-order valence-electron chi connectivity index (χ2n) is 9.19. The molecule has 8 heteroatoms. The van der Waals surface area contributed by atoms with Crippen molar-refractivity contribution >= 4 is 34.9 Å². The molecule has 6 nitrogen and oxygen atoms in total. The summed E-state index contributed by atoms with van der Waals surface area (Å²) in [7, 11) is 0. The predicted octanol–water partition coefficient (Wildman–Crippen LogP) is 6.31. The predicted molar refractivity (Wildman–Crippen MR) is 130 cm³/mol. The Labute approximate surface area is 202 Å². The molecule has 1 aliphatic heterocycles. The summed E-state index contributed by atoms with van der Waals surface area (Å²) in [5.74, 6) is 2.02. The molecule has 0 spiro atoms. The lowest BCUT2D eigenvalue weighted by molar-refractivity contribution is -0.118. The van der Waals surface area contributed by atoms with Gasteiger partial charge in [0.05, 0.1) is 6.61 Å². The number of halogens is 2. The molecule has 1 atom stereocenters. The van der Waals surface area contributed by atoms with Crippen LogP contribution in [0.15, 0.2) is 53.7 Å². The van der Waals surface area contributed by atoms with Crippen LogP contribution < -0.4 is 10.1 Å². The molecule has 0 bridgehead atoms. The van der Waals surface area contributed by atoms with E-state index < -0.39 is 6.04 Å². The Hall–Kier alpha value is -2.83. The van der Waals surface area contributed by atoms with E-state index in [0.29, 0.717) is 40.4 Å². The first-order valence-corrected chi connectivity index (χ1v) is 11.7. The molecule has 5 rings (SSSR count). The summed E-state index contributed by atoms with van der Waals surface area (Å²) in [6.07, 6.45) is 1.20. The normalized spacial score (nSPS) is 19.1. The molecular weight excluding hydrogens is 459 g/mol. The number of allylic oxidation sites excluding steroid dienone is 2. The third kappa shape index (κ3) is 4.02. The number of benzene rings is 2. The van der Waals surface area contributed by atoms with E-state index in [2.05, 4.69) is 19.2 Å². The molecule has 2 aromatic carbocycles. The summed E-state index contributed by atoms with van der Waals surface area (Å²) >= 11 is 12.8. The van der Waals surface area contributed by atoms with Crippen molar-refractivity contribution in [1.82, 2.24) is 14.8 Å². The van der Waals surface area contributed by atoms with Gasteiger partial charge in [-0.1, -0.05) is 43.1 Å². The molecule has 0 saturated heterocycles. The Kier molecular flexibility index (Phi) is 5.46. The standard InChI is InChI=1S/C25H24Cl2N4O2/c1-4-33-16-8-5-14(6-9-16)23-29-24-28-19-12-25(2,3)13-20(32)21(19)22(31(24)30-23)17-10-7-15(26)11-18(17)27/h5-11,22H,4,12-13H2,1-3H3,(H,28,29,30). The number of rotatable bonds is 4. The molecular formula is C25H24Cl2N4O2. The molecule has 1 N–H and O–H groups in total. The monoisotopic (exact) mass is 482 g/mol. The first-order chi connectivity index (χ1) is 15.8. The number of carbonyl (C=O) groups is 1. The molecule has 1 aromatic heterocycles. The number of ketones is 1. The number of hydrogen-bond donors (Lipinski definition) is 1. The fourth-order valence-corrected chi connectivity index (χ4v) is 5.12. The van der Waals surface area contributed by atoms with Gasteiger partial charge in [-0.05, 0) is 55.2 Å². The minimum atomic E-state index is -0.478. The van der Waals surface area contributed by atoms with Crippen LogP contribution in [-0.2, 0) is 4.79 Å². The summed E-state index contributed by atoms with van der Waals surface area (Å²) in [5, 5.41) is 9.22. The largest absolute Gasteiger partial charge is 0.494 e. The fourth-order valence-electron chi connectivity index (χ4n) is 4.61. The Morgan fingerprint density at radius 1 is 1.15 bits per heavy atom. The van der Waals surface area contributed by atoms with Gasteiger partial charge in [-0.25, -0.2) is 4.68 Å². The minimum Gasteiger partial charge on any atom is -0.494 e. The molecule has 33 heavy (non-hydrogen) atoms. The first-order valence-electron chi connectivity index (χ1n) is 10.9. The zero-order chi connectivity index (χ0) is 23.3. The number of fused-ring (bicyclic) bond motifs is 1. The van der Waals surface area contributed by atoms with E-state index in [1.165, 1.54) is 0 Å². The third-order valence-corrected chi connectivity index (χ3v) is 6.57. The van der Waals surface area contributed by atoms with Crippen LogP contribution in [-0.4, -0.2) is 27.2 Å². The van der Waals surface area contributed by atoms with Crippen LogP contribution in [0, 0.1) is 5.41 Å². The molecule has 0 amide bonds. The molecule has 0 saturated carbocycles. The van der Waals surface area contributed by atoms with Gasteiger partial charge in [-0.2, -0.15) is 4.98 Å². The lowest BCUT2D eigenvalue weighted by atomic mass is 9.73. The highest BCUT2D eigenvalue weighted by atomic mass is 35.5. The lowest BCUT2D eigenvalue weighted by Gasteiger charge is -2.38. The minimum absolute atomic E-state index is 0.0912. The summed E-state index contributed by atoms with van der Waals surface area (Å²) in [6, 6.07) is 12.5. The number of ether oxygens (including phenoxy) is 1. The van der Waals surface area contributed by atoms with Gasteiger partial charge in [0, 0.05) is 38.9 Å². The fraction of sp³-hybridized carbons (Fsp3) is 0.320. The van der Waals surface area contributed by atoms with Gasteiger partial charge in [0.2, 0.25) is 5.95 Å². The Bertz CT molecular complexity index is 1280. The van der Waals surface area contributed by atoms with E-state index in [-0.39, 0.29) is 11.2 Å². The summed E-state index contributed by atoms with van der Waals surface area (Å²) in [6.45, 7) is 6.76. The molecule has 2 heterocycles. The molecule has 1 aliphatic carbocycles. The Morgan fingerprint density at radius 3 is 2.61 bits per heavy atom. The van der Waals surface area contributed by atoms with Crippen molar-refractivity contribution < 1.29 is 9.53 Å². The van der Waals surface area contributed by atoms with E-state index in [4.69, 9.17) is 38.0 Å². The number of anilines is 1. The van der Waals surface area contributed by atoms with Crippen LogP contribution >= 0.6 is 23.2 Å². The second-order valence-corrected chi connectivity index (χ2v) is 10.0. The summed E-state index contributed by atoms with van der Waals surface area (Å²) in [4.78, 5) is 18.1. The van der Waals surface area contributed by atoms with Crippen LogP contribution in [0.25, 0.3) is 11.4 Å². The van der Waals surface area contributed by atoms with Crippen molar-refractivity contribution in [2.24, 2.45) is 5.41 Å². The van der Waals surface area contributed by atoms with Gasteiger partial charge >= 0.3 is 0 Å². The summed E-state index contributed by atoms with van der Waals surface area (Å²) in [5.41, 5.74) is 3.05. The van der Waals surface area contributed by atoms with Crippen LogP contribution in [0.3, 0.4) is 0 Å². The average Bonchev–Trinajstić information content (AvgIpc) is 3.16. The number of nitrogens with zero attached hydrogens (tertiary/aromatic N) is 3. The lowest BCUT2D eigenvalue weighted by Crippen LogP contribution is -2.36. The van der Waals surface area contributed by atoms with Gasteiger partial charge in [0.25, 0.3) is 0 Å². The quantitative estimate of drug-likeness (QED) is 0.471. The maximum Gasteiger partial charge on any atom is 0.226 e. The Balaban J connectivity index is 1.64. The van der Waals surface area contributed by atoms with Gasteiger partial charge in [-0.3, -0.25) is 4.79 Å². The molecule has 3 aromatic rings. The van der Waals surface area contributed by atoms with Crippen molar-refractivity contribution in [3.05, 3.63) is 69.3 Å². The number of aromatic nitrogens is 3. The van der Waals surface area contributed by atoms with Crippen molar-refractivity contribution in [2.45, 2.75) is 39.7 Å². The molecule has 170 valence electrons. The average molecular weight is 483 g/mol. The van der Waals surface area contributed by atoms with Gasteiger partial charge in [0.15, 0.2) is 11.6 Å². The van der Waals surface area contributed by atoms with Crippen molar-refractivity contribution in [1.29, 1.82) is 0 Å². The molecule has 2 aliphatic rings. The zero-order valence-corrected chi connectivity index (χ0v) is 20.2. The maximum atomic E-state index is 13.3. The van der Waals surface area contributed by atoms with Crippen molar-refractivity contribution in [3.63, 3.8) is 0 Å². The SMILES string of the molecule is CCOc1ccc(-c2nc3n(n2)C(c2ccc(Cl)cc2Cl)C2=C(CC(C)(C)CC2=O)N3)cc1. The van der Waals surface area contributed by atoms with Gasteiger partial charge in [-0.15, -0.1) is 5.10 Å². The second kappa shape index (κ2) is 8.19. The molecule has 0 fully saturated rings. The number of Topliss-reactive ketones (excluding diaryl/α,β-unsaturated/α-hetero) is 1. The van der Waals surface area contributed by atoms with Gasteiger partial charge < -0.3 is 10.1 Å². The highest BCUT2D eigenvalue weighted by Gasteiger charge is 2.42. The van der Waals surface area contributed by atoms with Crippen molar-refractivity contribution in [3.8, 4) is 17.1 Å². The highest BCUT2D eigenvalue weighted by molar-refractivity contribution is 6.35. The molecule has 1 unspecified atom stereocenters. The zero-order valence-electron chi connectivity index (χ0n) is 18.7. The van der Waals surface area contributed by atoms with E-state index in [9.17, 15) is 4.79 Å². The number of nitrogens with one attached hydrogen (secondary N) is 1. The number of hydrogen-bond acceptors (Lipinski definition) is 5. The number of carbonyl (C=O) groups excluding carboxylic acids is 1. The maximum absolute atomic E-state index is 13.3. The highest BCUT2D eigenvalue weighted by Crippen LogP contribution is 2.47. The Morgan fingerprint density at radius 2 is 1.91 bits per heavy atom. The van der Waals surface area contributed by atoms with Gasteiger partial charge in [0.1, 0.15) is 11.8 Å². The third-order valence-electron chi connectivity index (χ3n) is 6.01. The van der Waals surface area contributed by atoms with E-state index in [1.807, 2.05) is 37.3 Å². The molecule has 0 radical (unpaired) electrons. The first kappa shape index (κ1) is 22.0. The van der Waals surface area contributed by atoms with Crippen LogP contribution in [0.4, 0.5) is 5.95 Å². The van der Waals surface area contributed by atoms with Crippen LogP contribution in [0.1, 0.15) is 45.2 Å². The van der Waals surface area contributed by atoms with E-state index in [0.717, 1.165) is 29.0 Å². The smallest absolute Gasteiger partial charge is 0.226 e. The van der Waals surface area contributed by atoms with Crippen molar-refractivity contribution in [2.75, 3.05) is 11.9 Å². The summed E-state index contributed by atoms with van der Waals surface area (Å²) < 4.78 is 7.30. The van der Waals surface area contributed by atoms with E-state index >= 15 is 0 Å². The van der Waals surface area contributed by atoms with E-state index in [1.54, 1.807) is 16.8 Å². The van der Waals surface area contributed by atoms with Crippen LogP contribution in [0.2, 0.25) is 10.0 Å².